The summed E-state index contributed by atoms with van der Waals surface area (Å²) < 4.78 is 5.02. The summed E-state index contributed by atoms with van der Waals surface area (Å²) >= 11 is 0. The third-order valence-corrected chi connectivity index (χ3v) is 0.822. The molecular formula is C6H15NO2. The fourth-order valence-corrected chi connectivity index (χ4v) is 0.540. The van der Waals surface area contributed by atoms with Gasteiger partial charge in [-0.2, -0.15) is 0 Å². The molecule has 0 fully saturated rings. The van der Waals surface area contributed by atoms with E-state index < -0.39 is 5.79 Å². The lowest BCUT2D eigenvalue weighted by Crippen LogP contribution is -2.32. The predicted octanol–water partition coefficient (Wildman–Crippen LogP) is 0.0786. The van der Waals surface area contributed by atoms with Crippen molar-refractivity contribution in [1.82, 2.24) is 0 Å². The molecule has 3 heteroatoms. The highest BCUT2D eigenvalue weighted by atomic mass is 16.6. The average molecular weight is 133 g/mol. The van der Waals surface area contributed by atoms with Crippen LogP contribution in [0.2, 0.25) is 0 Å². The predicted molar refractivity (Wildman–Crippen MR) is 35.9 cm³/mol. The molecule has 0 aromatic carbocycles. The summed E-state index contributed by atoms with van der Waals surface area (Å²) in [5, 5.41) is 9.04. The van der Waals surface area contributed by atoms with Crippen LogP contribution in [0.15, 0.2) is 0 Å². The summed E-state index contributed by atoms with van der Waals surface area (Å²) in [5.41, 5.74) is 5.24. The molecule has 1 unspecified atom stereocenters. The Morgan fingerprint density at radius 2 is 2.11 bits per heavy atom. The third-order valence-electron chi connectivity index (χ3n) is 0.822. The Morgan fingerprint density at radius 3 is 2.22 bits per heavy atom. The second-order valence-corrected chi connectivity index (χ2v) is 2.61. The van der Waals surface area contributed by atoms with Crippen molar-refractivity contribution in [1.29, 1.82) is 0 Å². The molecule has 0 spiro atoms. The molecule has 0 aliphatic heterocycles. The molecule has 0 amide bonds. The van der Waals surface area contributed by atoms with Crippen molar-refractivity contribution < 1.29 is 9.84 Å². The van der Waals surface area contributed by atoms with Gasteiger partial charge in [-0.15, -0.1) is 0 Å². The van der Waals surface area contributed by atoms with Crippen molar-refractivity contribution in [2.75, 3.05) is 6.54 Å². The maximum Gasteiger partial charge on any atom is 0.160 e. The van der Waals surface area contributed by atoms with E-state index in [1.165, 1.54) is 0 Å². The SMILES string of the molecule is CC(CN)OC(C)(C)O. The molecule has 1 atom stereocenters. The normalized spacial score (nSPS) is 15.7. The summed E-state index contributed by atoms with van der Waals surface area (Å²) in [6, 6.07) is 0. The summed E-state index contributed by atoms with van der Waals surface area (Å²) in [5.74, 6) is -1.06. The summed E-state index contributed by atoms with van der Waals surface area (Å²) in [6.07, 6.45) is -0.0787. The van der Waals surface area contributed by atoms with Gasteiger partial charge in [0.25, 0.3) is 0 Å². The van der Waals surface area contributed by atoms with E-state index in [9.17, 15) is 0 Å². The van der Waals surface area contributed by atoms with E-state index >= 15 is 0 Å². The zero-order chi connectivity index (χ0) is 7.49. The van der Waals surface area contributed by atoms with Gasteiger partial charge in [0.2, 0.25) is 0 Å². The van der Waals surface area contributed by atoms with E-state index in [0.717, 1.165) is 0 Å². The number of hydrogen-bond donors (Lipinski definition) is 2. The van der Waals surface area contributed by atoms with Crippen LogP contribution in [0.1, 0.15) is 20.8 Å². The second-order valence-electron chi connectivity index (χ2n) is 2.61. The molecule has 0 aromatic rings. The Morgan fingerprint density at radius 1 is 1.67 bits per heavy atom. The largest absolute Gasteiger partial charge is 0.366 e. The van der Waals surface area contributed by atoms with E-state index in [1.807, 2.05) is 6.92 Å². The fourth-order valence-electron chi connectivity index (χ4n) is 0.540. The van der Waals surface area contributed by atoms with Crippen molar-refractivity contribution in [3.63, 3.8) is 0 Å². The molecule has 0 saturated heterocycles. The fraction of sp³-hybridized carbons (Fsp3) is 1.00. The van der Waals surface area contributed by atoms with E-state index in [2.05, 4.69) is 0 Å². The van der Waals surface area contributed by atoms with E-state index in [1.54, 1.807) is 13.8 Å². The van der Waals surface area contributed by atoms with Crippen LogP contribution in [0.3, 0.4) is 0 Å². The smallest absolute Gasteiger partial charge is 0.160 e. The highest BCUT2D eigenvalue weighted by molar-refractivity contribution is 4.55. The van der Waals surface area contributed by atoms with Gasteiger partial charge in [0.15, 0.2) is 5.79 Å². The number of aliphatic hydroxyl groups is 1. The Kier molecular flexibility index (Phi) is 3.11. The number of rotatable bonds is 3. The maximum absolute atomic E-state index is 9.04. The number of ether oxygens (including phenoxy) is 1. The van der Waals surface area contributed by atoms with Crippen LogP contribution < -0.4 is 5.73 Å². The Labute approximate surface area is 55.8 Å². The molecule has 3 nitrogen and oxygen atoms in total. The molecule has 0 rings (SSSR count). The lowest BCUT2D eigenvalue weighted by atomic mass is 10.3. The zero-order valence-electron chi connectivity index (χ0n) is 6.22. The van der Waals surface area contributed by atoms with Gasteiger partial charge in [0.05, 0.1) is 6.10 Å². The topological polar surface area (TPSA) is 55.5 Å². The van der Waals surface area contributed by atoms with Crippen LogP contribution in [0.5, 0.6) is 0 Å². The number of hydrogen-bond acceptors (Lipinski definition) is 3. The molecule has 0 radical (unpaired) electrons. The Balaban J connectivity index is 3.47. The van der Waals surface area contributed by atoms with Crippen LogP contribution in [0, 0.1) is 0 Å². The third kappa shape index (κ3) is 5.76. The van der Waals surface area contributed by atoms with Crippen LogP contribution in [0.25, 0.3) is 0 Å². The van der Waals surface area contributed by atoms with Crippen LogP contribution >= 0.6 is 0 Å². The van der Waals surface area contributed by atoms with E-state index in [-0.39, 0.29) is 6.10 Å². The highest BCUT2D eigenvalue weighted by Crippen LogP contribution is 2.05. The lowest BCUT2D eigenvalue weighted by Gasteiger charge is -2.22. The first-order valence-electron chi connectivity index (χ1n) is 3.06. The minimum atomic E-state index is -1.06. The van der Waals surface area contributed by atoms with Gasteiger partial charge in [-0.25, -0.2) is 0 Å². The summed E-state index contributed by atoms with van der Waals surface area (Å²) in [4.78, 5) is 0. The minimum absolute atomic E-state index is 0.0787. The molecule has 0 aliphatic rings. The molecule has 0 aromatic heterocycles. The van der Waals surface area contributed by atoms with E-state index in [4.69, 9.17) is 15.6 Å². The average Bonchev–Trinajstić information content (AvgIpc) is 1.62. The van der Waals surface area contributed by atoms with Gasteiger partial charge in [0, 0.05) is 6.54 Å². The molecule has 0 heterocycles. The van der Waals surface area contributed by atoms with Crippen LogP contribution in [0.4, 0.5) is 0 Å². The van der Waals surface area contributed by atoms with Crippen molar-refractivity contribution in [2.45, 2.75) is 32.7 Å². The van der Waals surface area contributed by atoms with Crippen molar-refractivity contribution in [2.24, 2.45) is 5.73 Å². The summed E-state index contributed by atoms with van der Waals surface area (Å²) in [6.45, 7) is 5.42. The monoisotopic (exact) mass is 133 g/mol. The Hall–Kier alpha value is -0.120. The van der Waals surface area contributed by atoms with Crippen molar-refractivity contribution >= 4 is 0 Å². The molecule has 0 bridgehead atoms. The standard InChI is InChI=1S/C6H15NO2/c1-5(4-7)9-6(2,3)8/h5,8H,4,7H2,1-3H3. The Bertz CT molecular complexity index is 77.6. The molecule has 56 valence electrons. The molecule has 9 heavy (non-hydrogen) atoms. The molecule has 0 aliphatic carbocycles. The first-order chi connectivity index (χ1) is 3.95. The van der Waals surface area contributed by atoms with Crippen molar-refractivity contribution in [3.05, 3.63) is 0 Å². The zero-order valence-corrected chi connectivity index (χ0v) is 6.22. The second kappa shape index (κ2) is 3.15. The molecule has 0 saturated carbocycles. The van der Waals surface area contributed by atoms with Gasteiger partial charge < -0.3 is 15.6 Å². The van der Waals surface area contributed by atoms with Gasteiger partial charge in [-0.05, 0) is 20.8 Å². The first kappa shape index (κ1) is 8.88. The van der Waals surface area contributed by atoms with Gasteiger partial charge in [-0.3, -0.25) is 0 Å². The molecule has 3 N–H and O–H groups in total. The van der Waals surface area contributed by atoms with Crippen LogP contribution in [-0.4, -0.2) is 23.5 Å². The highest BCUT2D eigenvalue weighted by Gasteiger charge is 2.15. The van der Waals surface area contributed by atoms with Gasteiger partial charge in [0.1, 0.15) is 0 Å². The van der Waals surface area contributed by atoms with Gasteiger partial charge in [-0.1, -0.05) is 0 Å². The minimum Gasteiger partial charge on any atom is -0.366 e. The quantitative estimate of drug-likeness (QED) is 0.536. The maximum atomic E-state index is 9.04. The lowest BCUT2D eigenvalue weighted by molar-refractivity contribution is -0.198. The first-order valence-corrected chi connectivity index (χ1v) is 3.06. The van der Waals surface area contributed by atoms with E-state index in [0.29, 0.717) is 6.54 Å². The molecular weight excluding hydrogens is 118 g/mol. The van der Waals surface area contributed by atoms with Gasteiger partial charge >= 0.3 is 0 Å². The summed E-state index contributed by atoms with van der Waals surface area (Å²) in [7, 11) is 0. The van der Waals surface area contributed by atoms with Crippen molar-refractivity contribution in [3.8, 4) is 0 Å². The van der Waals surface area contributed by atoms with Crippen LogP contribution in [-0.2, 0) is 4.74 Å². The number of nitrogens with two attached hydrogens (primary N) is 1.